The van der Waals surface area contributed by atoms with Crippen LogP contribution in [0.25, 0.3) is 0 Å². The van der Waals surface area contributed by atoms with Gasteiger partial charge in [-0.15, -0.1) is 0 Å². The summed E-state index contributed by atoms with van der Waals surface area (Å²) in [6.45, 7) is 12.3. The third kappa shape index (κ3) is 8.65. The molecule has 1 unspecified atom stereocenters. The van der Waals surface area contributed by atoms with Gasteiger partial charge in [0.1, 0.15) is 0 Å². The fourth-order valence-electron chi connectivity index (χ4n) is 1.08. The monoisotopic (exact) mass is 164 g/mol. The molecular weight excluding hydrogens is 143 g/mol. The predicted octanol–water partition coefficient (Wildman–Crippen LogP) is 0.198. The smallest absolute Gasteiger partial charge is 0.375 e. The summed E-state index contributed by atoms with van der Waals surface area (Å²) in [5.41, 5.74) is -0.0163. The second-order valence-corrected chi connectivity index (χ2v) is 3.93. The molecule has 0 bridgehead atoms. The summed E-state index contributed by atoms with van der Waals surface area (Å²) in [5, 5.41) is 0. The molecule has 0 aliphatic heterocycles. The summed E-state index contributed by atoms with van der Waals surface area (Å²) in [5.74, 6) is 0. The van der Waals surface area contributed by atoms with E-state index in [4.69, 9.17) is 4.74 Å². The minimum Gasteiger partial charge on any atom is -0.375 e. The Morgan fingerprint density at radius 1 is 1.33 bits per heavy atom. The maximum Gasteiger partial charge on any atom is 1.00 e. The van der Waals surface area contributed by atoms with Gasteiger partial charge in [-0.05, 0) is 27.2 Å². The Labute approximate surface area is 89.4 Å². The first-order valence-corrected chi connectivity index (χ1v) is 4.46. The van der Waals surface area contributed by atoms with Gasteiger partial charge in [-0.2, -0.15) is 6.42 Å². The van der Waals surface area contributed by atoms with E-state index in [2.05, 4.69) is 34.6 Å². The maximum atomic E-state index is 5.76. The molecule has 12 heavy (non-hydrogen) atoms. The number of ether oxygens (including phenoxy) is 1. The summed E-state index contributed by atoms with van der Waals surface area (Å²) < 4.78 is 5.76. The van der Waals surface area contributed by atoms with Crippen molar-refractivity contribution >= 4 is 0 Å². The van der Waals surface area contributed by atoms with Gasteiger partial charge < -0.3 is 11.7 Å². The molecule has 0 saturated carbocycles. The van der Waals surface area contributed by atoms with Crippen molar-refractivity contribution in [2.24, 2.45) is 0 Å². The quantitative estimate of drug-likeness (QED) is 0.426. The molecular formula is C10H21LiO. The van der Waals surface area contributed by atoms with Gasteiger partial charge in [-0.1, -0.05) is 13.3 Å². The van der Waals surface area contributed by atoms with Crippen LogP contribution < -0.4 is 18.9 Å². The van der Waals surface area contributed by atoms with Crippen molar-refractivity contribution in [3.8, 4) is 0 Å². The van der Waals surface area contributed by atoms with Crippen LogP contribution in [0.2, 0.25) is 0 Å². The third-order valence-corrected chi connectivity index (χ3v) is 1.45. The van der Waals surface area contributed by atoms with Crippen LogP contribution in [0.4, 0.5) is 0 Å². The first-order valence-electron chi connectivity index (χ1n) is 4.46. The fourth-order valence-corrected chi connectivity index (χ4v) is 1.08. The average molecular weight is 164 g/mol. The van der Waals surface area contributed by atoms with E-state index in [1.807, 2.05) is 0 Å². The van der Waals surface area contributed by atoms with E-state index in [1.54, 1.807) is 0 Å². The number of rotatable bonds is 4. The van der Waals surface area contributed by atoms with E-state index in [0.29, 0.717) is 6.10 Å². The molecule has 0 heterocycles. The Balaban J connectivity index is 0. The van der Waals surface area contributed by atoms with Crippen molar-refractivity contribution in [2.45, 2.75) is 58.7 Å². The molecule has 0 aromatic rings. The van der Waals surface area contributed by atoms with Gasteiger partial charge in [0.2, 0.25) is 0 Å². The van der Waals surface area contributed by atoms with Gasteiger partial charge in [-0.25, -0.2) is 0 Å². The topological polar surface area (TPSA) is 9.23 Å². The Hall–Kier alpha value is 0.557. The van der Waals surface area contributed by atoms with Crippen LogP contribution in [0.5, 0.6) is 0 Å². The standard InChI is InChI=1S/C10H21O.Li/c1-6-8-9(7-2)11-10(3,4)5;/h9H,2,6-8H2,1,3-5H3;/q-1;+1. The first-order chi connectivity index (χ1) is 4.99. The van der Waals surface area contributed by atoms with Gasteiger partial charge in [0.15, 0.2) is 0 Å². The van der Waals surface area contributed by atoms with Crippen LogP contribution in [-0.2, 0) is 4.74 Å². The van der Waals surface area contributed by atoms with Crippen LogP contribution in [0.1, 0.15) is 47.0 Å². The number of hydrogen-bond acceptors (Lipinski definition) is 1. The first kappa shape index (κ1) is 15.0. The summed E-state index contributed by atoms with van der Waals surface area (Å²) in [4.78, 5) is 0. The summed E-state index contributed by atoms with van der Waals surface area (Å²) >= 11 is 0. The van der Waals surface area contributed by atoms with Gasteiger partial charge in [-0.3, -0.25) is 0 Å². The van der Waals surface area contributed by atoms with Crippen molar-refractivity contribution in [3.05, 3.63) is 6.92 Å². The van der Waals surface area contributed by atoms with E-state index in [1.165, 1.54) is 6.42 Å². The summed E-state index contributed by atoms with van der Waals surface area (Å²) in [6.07, 6.45) is 3.53. The predicted molar refractivity (Wildman–Crippen MR) is 49.5 cm³/mol. The van der Waals surface area contributed by atoms with Crippen molar-refractivity contribution in [2.75, 3.05) is 0 Å². The second kappa shape index (κ2) is 7.01. The second-order valence-electron chi connectivity index (χ2n) is 3.93. The Morgan fingerprint density at radius 3 is 2.08 bits per heavy atom. The van der Waals surface area contributed by atoms with Crippen molar-refractivity contribution in [3.63, 3.8) is 0 Å². The Morgan fingerprint density at radius 2 is 1.83 bits per heavy atom. The van der Waals surface area contributed by atoms with E-state index in [-0.39, 0.29) is 24.5 Å². The van der Waals surface area contributed by atoms with Crippen molar-refractivity contribution in [1.29, 1.82) is 0 Å². The molecule has 0 amide bonds. The van der Waals surface area contributed by atoms with Crippen LogP contribution >= 0.6 is 0 Å². The van der Waals surface area contributed by atoms with Gasteiger partial charge >= 0.3 is 18.9 Å². The van der Waals surface area contributed by atoms with E-state index >= 15 is 0 Å². The molecule has 0 aliphatic carbocycles. The third-order valence-electron chi connectivity index (χ3n) is 1.45. The average Bonchev–Trinajstić information content (AvgIpc) is 1.84. The van der Waals surface area contributed by atoms with Crippen LogP contribution in [0.3, 0.4) is 0 Å². The minimum absolute atomic E-state index is 0. The minimum atomic E-state index is -0.0163. The van der Waals surface area contributed by atoms with Gasteiger partial charge in [0.25, 0.3) is 0 Å². The molecule has 0 N–H and O–H groups in total. The molecule has 0 saturated heterocycles. The summed E-state index contributed by atoms with van der Waals surface area (Å²) in [7, 11) is 0. The van der Waals surface area contributed by atoms with Crippen LogP contribution in [0, 0.1) is 6.92 Å². The van der Waals surface area contributed by atoms with Crippen molar-refractivity contribution < 1.29 is 23.6 Å². The number of hydrogen-bond donors (Lipinski definition) is 0. The van der Waals surface area contributed by atoms with E-state index in [9.17, 15) is 0 Å². The largest absolute Gasteiger partial charge is 1.00 e. The molecule has 1 nitrogen and oxygen atoms in total. The normalized spacial score (nSPS) is 13.8. The SMILES string of the molecule is [CH2-]CC(CCC)OC(C)(C)C.[Li+]. The molecule has 0 fully saturated rings. The zero-order valence-electron chi connectivity index (χ0n) is 9.31. The molecule has 0 radical (unpaired) electrons. The van der Waals surface area contributed by atoms with Gasteiger partial charge in [0.05, 0.1) is 5.60 Å². The molecule has 0 aromatic heterocycles. The Kier molecular flexibility index (Phi) is 8.79. The zero-order chi connectivity index (χ0) is 8.91. The van der Waals surface area contributed by atoms with Crippen molar-refractivity contribution in [1.82, 2.24) is 0 Å². The fraction of sp³-hybridized carbons (Fsp3) is 0.900. The van der Waals surface area contributed by atoms with Crippen LogP contribution in [-0.4, -0.2) is 11.7 Å². The zero-order valence-corrected chi connectivity index (χ0v) is 9.31. The molecule has 68 valence electrons. The van der Waals surface area contributed by atoms with E-state index < -0.39 is 0 Å². The molecule has 0 rings (SSSR count). The van der Waals surface area contributed by atoms with Gasteiger partial charge in [0, 0.05) is 6.10 Å². The maximum absolute atomic E-state index is 5.76. The molecule has 0 aliphatic rings. The Bertz CT molecular complexity index is 96.5. The molecule has 1 atom stereocenters. The van der Waals surface area contributed by atoms with E-state index in [0.717, 1.165) is 12.8 Å². The summed E-state index contributed by atoms with van der Waals surface area (Å²) in [6, 6.07) is 0. The van der Waals surface area contributed by atoms with Crippen LogP contribution in [0.15, 0.2) is 0 Å². The molecule has 0 spiro atoms. The molecule has 0 aromatic carbocycles. The molecule has 2 heteroatoms.